The van der Waals surface area contributed by atoms with Crippen LogP contribution in [0.5, 0.6) is 0 Å². The van der Waals surface area contributed by atoms with E-state index in [0.717, 1.165) is 6.42 Å². The molecule has 3 aliphatic carbocycles. The highest BCUT2D eigenvalue weighted by Gasteiger charge is 2.53. The predicted molar refractivity (Wildman–Crippen MR) is 146 cm³/mol. The maximum absolute atomic E-state index is 5.08. The molecule has 1 atom stereocenters. The Morgan fingerprint density at radius 3 is 2.11 bits per heavy atom. The Morgan fingerprint density at radius 2 is 1.25 bits per heavy atom. The number of benzene rings is 5. The van der Waals surface area contributed by atoms with Gasteiger partial charge in [0.2, 0.25) is 0 Å². The minimum Gasteiger partial charge on any atom is -0.259 e. The van der Waals surface area contributed by atoms with Crippen molar-refractivity contribution in [3.05, 3.63) is 149 Å². The molecule has 0 fully saturated rings. The number of aromatic nitrogens is 1. The van der Waals surface area contributed by atoms with Gasteiger partial charge in [0.05, 0.1) is 11.1 Å². The van der Waals surface area contributed by atoms with E-state index in [2.05, 4.69) is 109 Å². The predicted octanol–water partition coefficient (Wildman–Crippen LogP) is 8.15. The molecule has 0 radical (unpaired) electrons. The number of rotatable bonds is 0. The first kappa shape index (κ1) is 18.8. The van der Waals surface area contributed by atoms with Gasteiger partial charge in [0, 0.05) is 11.8 Å². The zero-order valence-electron chi connectivity index (χ0n) is 19.6. The minimum absolute atomic E-state index is 0.370. The number of pyridine rings is 1. The topological polar surface area (TPSA) is 12.9 Å². The van der Waals surface area contributed by atoms with Crippen molar-refractivity contribution in [1.82, 2.24) is 4.98 Å². The van der Waals surface area contributed by atoms with Crippen LogP contribution < -0.4 is 0 Å². The summed E-state index contributed by atoms with van der Waals surface area (Å²) in [7, 11) is 0. The highest BCUT2D eigenvalue weighted by molar-refractivity contribution is 5.99. The summed E-state index contributed by atoms with van der Waals surface area (Å²) in [6.45, 7) is 0. The number of nitrogens with zero attached hydrogens (tertiary/aromatic N) is 1. The van der Waals surface area contributed by atoms with Crippen LogP contribution >= 0.6 is 0 Å². The van der Waals surface area contributed by atoms with E-state index in [1.807, 2.05) is 6.20 Å². The molecular weight excluding hydrogens is 434 g/mol. The Labute approximate surface area is 209 Å². The molecule has 36 heavy (non-hydrogen) atoms. The lowest BCUT2D eigenvalue weighted by atomic mass is 9.72. The summed E-state index contributed by atoms with van der Waals surface area (Å²) in [5.41, 5.74) is 15.8. The van der Waals surface area contributed by atoms with E-state index < -0.39 is 0 Å². The largest absolute Gasteiger partial charge is 0.259 e. The van der Waals surface area contributed by atoms with E-state index in [1.54, 1.807) is 0 Å². The zero-order chi connectivity index (χ0) is 23.4. The van der Waals surface area contributed by atoms with Crippen molar-refractivity contribution in [2.24, 2.45) is 0 Å². The summed E-state index contributed by atoms with van der Waals surface area (Å²) < 4.78 is 0. The van der Waals surface area contributed by atoms with Crippen molar-refractivity contribution >= 4 is 10.8 Å². The number of fused-ring (bicyclic) bond motifs is 15. The molecule has 1 nitrogen and oxygen atoms in total. The molecule has 0 amide bonds. The Kier molecular flexibility index (Phi) is 3.33. The van der Waals surface area contributed by atoms with Crippen molar-refractivity contribution in [1.29, 1.82) is 0 Å². The molecule has 0 bridgehead atoms. The van der Waals surface area contributed by atoms with Crippen LogP contribution in [-0.4, -0.2) is 4.98 Å². The molecule has 1 unspecified atom stereocenters. The maximum Gasteiger partial charge on any atom is 0.0898 e. The third-order valence-electron chi connectivity index (χ3n) is 8.75. The van der Waals surface area contributed by atoms with Gasteiger partial charge in [-0.15, -0.1) is 0 Å². The molecular formula is C35H21N. The lowest BCUT2D eigenvalue weighted by Crippen LogP contribution is -2.27. The fraction of sp³-hybridized carbons (Fsp3) is 0.0571. The molecule has 1 spiro atoms. The molecule has 0 saturated heterocycles. The van der Waals surface area contributed by atoms with Crippen molar-refractivity contribution in [3.63, 3.8) is 0 Å². The maximum atomic E-state index is 5.08. The van der Waals surface area contributed by atoms with Gasteiger partial charge in [-0.3, -0.25) is 4.98 Å². The Hall–Kier alpha value is -4.49. The summed E-state index contributed by atoms with van der Waals surface area (Å²) in [6.07, 6.45) is 2.94. The van der Waals surface area contributed by atoms with Crippen molar-refractivity contribution in [2.75, 3.05) is 0 Å². The van der Waals surface area contributed by atoms with Gasteiger partial charge in [-0.2, -0.15) is 0 Å². The zero-order valence-corrected chi connectivity index (χ0v) is 19.6. The van der Waals surface area contributed by atoms with Gasteiger partial charge in [0.1, 0.15) is 0 Å². The molecule has 0 aliphatic heterocycles. The Bertz CT molecular complexity index is 1880. The number of hydrogen-bond donors (Lipinski definition) is 0. The summed E-state index contributed by atoms with van der Waals surface area (Å²) in [4.78, 5) is 5.08. The lowest BCUT2D eigenvalue weighted by Gasteiger charge is -2.29. The van der Waals surface area contributed by atoms with Gasteiger partial charge >= 0.3 is 0 Å². The third kappa shape index (κ3) is 2.04. The monoisotopic (exact) mass is 455 g/mol. The SMILES string of the molecule is c1ccc2c(c1)-c1cc3c(cc1C21c2ccccc2-c2cccnc21)Cc1c-3ccc2ccccc12. The molecule has 1 heterocycles. The van der Waals surface area contributed by atoms with Gasteiger partial charge in [-0.05, 0) is 85.0 Å². The molecule has 0 saturated carbocycles. The Balaban J connectivity index is 1.40. The molecule has 9 rings (SSSR count). The van der Waals surface area contributed by atoms with E-state index >= 15 is 0 Å². The quantitative estimate of drug-likeness (QED) is 0.225. The third-order valence-corrected chi connectivity index (χ3v) is 8.75. The van der Waals surface area contributed by atoms with E-state index in [1.165, 1.54) is 77.7 Å². The summed E-state index contributed by atoms with van der Waals surface area (Å²) in [5, 5.41) is 2.70. The van der Waals surface area contributed by atoms with E-state index in [0.29, 0.717) is 0 Å². The molecule has 166 valence electrons. The molecule has 5 aromatic carbocycles. The Morgan fingerprint density at radius 1 is 0.528 bits per heavy atom. The number of hydrogen-bond acceptors (Lipinski definition) is 1. The average molecular weight is 456 g/mol. The molecule has 1 heteroatoms. The fourth-order valence-corrected chi connectivity index (χ4v) is 7.37. The van der Waals surface area contributed by atoms with Gasteiger partial charge in [0.15, 0.2) is 0 Å². The van der Waals surface area contributed by atoms with Crippen LogP contribution in [-0.2, 0) is 11.8 Å². The smallest absolute Gasteiger partial charge is 0.0898 e. The molecule has 6 aromatic rings. The van der Waals surface area contributed by atoms with Gasteiger partial charge in [-0.25, -0.2) is 0 Å². The first-order valence-electron chi connectivity index (χ1n) is 12.7. The lowest BCUT2D eigenvalue weighted by molar-refractivity contribution is 0.759. The van der Waals surface area contributed by atoms with Crippen molar-refractivity contribution in [2.45, 2.75) is 11.8 Å². The summed E-state index contributed by atoms with van der Waals surface area (Å²) >= 11 is 0. The first-order chi connectivity index (χ1) is 17.9. The highest BCUT2D eigenvalue weighted by atomic mass is 14.7. The second-order valence-electron chi connectivity index (χ2n) is 10.3. The second kappa shape index (κ2) is 6.38. The standard InChI is InChI=1S/C35H21N/c1-2-9-23-21(8-1)15-16-24-28-20-30-26-11-4-6-14-32(26)35(33(30)19-22(28)18-29(23)24)31-13-5-3-10-25(31)27-12-7-17-36-34(27)35/h1-17,19-20H,18H2. The molecule has 0 N–H and O–H groups in total. The second-order valence-corrected chi connectivity index (χ2v) is 10.3. The van der Waals surface area contributed by atoms with Crippen LogP contribution in [0, 0.1) is 0 Å². The van der Waals surface area contributed by atoms with Crippen LogP contribution in [0.2, 0.25) is 0 Å². The van der Waals surface area contributed by atoms with Crippen LogP contribution in [0.1, 0.15) is 33.5 Å². The van der Waals surface area contributed by atoms with Crippen LogP contribution in [0.3, 0.4) is 0 Å². The van der Waals surface area contributed by atoms with Crippen molar-refractivity contribution < 1.29 is 0 Å². The minimum atomic E-state index is -0.370. The summed E-state index contributed by atoms with van der Waals surface area (Å²) in [6, 6.07) is 40.6. The van der Waals surface area contributed by atoms with Crippen LogP contribution in [0.4, 0.5) is 0 Å². The van der Waals surface area contributed by atoms with Crippen molar-refractivity contribution in [3.8, 4) is 33.4 Å². The van der Waals surface area contributed by atoms with Gasteiger partial charge in [-0.1, -0.05) is 97.1 Å². The van der Waals surface area contributed by atoms with E-state index in [4.69, 9.17) is 4.98 Å². The van der Waals surface area contributed by atoms with Gasteiger partial charge in [0.25, 0.3) is 0 Å². The molecule has 1 aromatic heterocycles. The molecule has 3 aliphatic rings. The normalized spacial score (nSPS) is 17.4. The van der Waals surface area contributed by atoms with Crippen LogP contribution in [0.15, 0.2) is 115 Å². The van der Waals surface area contributed by atoms with E-state index in [9.17, 15) is 0 Å². The van der Waals surface area contributed by atoms with Crippen LogP contribution in [0.25, 0.3) is 44.2 Å². The highest BCUT2D eigenvalue weighted by Crippen LogP contribution is 2.63. The van der Waals surface area contributed by atoms with Gasteiger partial charge < -0.3 is 0 Å². The fourth-order valence-electron chi connectivity index (χ4n) is 7.37. The average Bonchev–Trinajstić information content (AvgIpc) is 3.56. The van der Waals surface area contributed by atoms with E-state index in [-0.39, 0.29) is 5.41 Å². The summed E-state index contributed by atoms with van der Waals surface area (Å²) in [5.74, 6) is 0. The first-order valence-corrected chi connectivity index (χ1v) is 12.7.